The molecule has 3 nitrogen and oxygen atoms in total. The Morgan fingerprint density at radius 3 is 2.56 bits per heavy atom. The van der Waals surface area contributed by atoms with Crippen LogP contribution in [-0.4, -0.2) is 60.6 Å². The molecule has 4 unspecified atom stereocenters. The van der Waals surface area contributed by atoms with Gasteiger partial charge in [0.25, 0.3) is 0 Å². The number of thioether (sulfide) groups is 2. The maximum absolute atomic E-state index is 5.83. The molecule has 0 saturated carbocycles. The van der Waals surface area contributed by atoms with Gasteiger partial charge in [-0.3, -0.25) is 0 Å². The van der Waals surface area contributed by atoms with Crippen LogP contribution in [0.15, 0.2) is 0 Å². The minimum atomic E-state index is 0.236. The van der Waals surface area contributed by atoms with Gasteiger partial charge >= 0.3 is 0 Å². The van der Waals surface area contributed by atoms with Crippen molar-refractivity contribution in [2.45, 2.75) is 41.1 Å². The lowest BCUT2D eigenvalue weighted by molar-refractivity contribution is -0.0955. The third-order valence-corrected chi connectivity index (χ3v) is 7.09. The van der Waals surface area contributed by atoms with E-state index in [2.05, 4.69) is 23.5 Å². The van der Waals surface area contributed by atoms with E-state index in [0.29, 0.717) is 10.5 Å². The zero-order chi connectivity index (χ0) is 12.2. The van der Waals surface area contributed by atoms with Gasteiger partial charge in [0.15, 0.2) is 0 Å². The second-order valence-corrected chi connectivity index (χ2v) is 7.97. The van der Waals surface area contributed by atoms with Crippen molar-refractivity contribution in [1.82, 2.24) is 0 Å². The number of rotatable bonds is 2. The predicted molar refractivity (Wildman–Crippen MR) is 76.6 cm³/mol. The van der Waals surface area contributed by atoms with Crippen LogP contribution in [0.4, 0.5) is 0 Å². The van der Waals surface area contributed by atoms with E-state index in [1.807, 2.05) is 0 Å². The van der Waals surface area contributed by atoms with E-state index in [0.717, 1.165) is 38.3 Å². The van der Waals surface area contributed by atoms with Gasteiger partial charge in [0, 0.05) is 10.5 Å². The van der Waals surface area contributed by atoms with Gasteiger partial charge in [-0.15, -0.1) is 11.8 Å². The summed E-state index contributed by atoms with van der Waals surface area (Å²) in [5.41, 5.74) is 0. The Morgan fingerprint density at radius 1 is 0.833 bits per heavy atom. The van der Waals surface area contributed by atoms with E-state index in [9.17, 15) is 0 Å². The summed E-state index contributed by atoms with van der Waals surface area (Å²) in [6.07, 6.45) is 4.38. The highest BCUT2D eigenvalue weighted by atomic mass is 32.2. The lowest BCUT2D eigenvalue weighted by Gasteiger charge is -2.39. The van der Waals surface area contributed by atoms with Crippen LogP contribution in [0.3, 0.4) is 0 Å². The molecule has 0 radical (unpaired) electrons. The molecule has 0 aromatic carbocycles. The molecule has 3 rings (SSSR count). The van der Waals surface area contributed by atoms with Crippen molar-refractivity contribution in [2.75, 3.05) is 38.8 Å². The van der Waals surface area contributed by atoms with Crippen LogP contribution in [0, 0.1) is 0 Å². The normalized spacial score (nSPS) is 42.7. The maximum atomic E-state index is 5.83. The summed E-state index contributed by atoms with van der Waals surface area (Å²) < 4.78 is 17.2. The van der Waals surface area contributed by atoms with E-state index in [1.165, 1.54) is 25.0 Å². The minimum Gasteiger partial charge on any atom is -0.379 e. The standard InChI is InChI=1S/C13H22O3S2/c1-2-6-17-11(3-1)13-9-15-8-12(18-13)10-7-14-4-5-16-10/h10-13H,1-9H2. The Hall–Kier alpha value is 0.580. The largest absolute Gasteiger partial charge is 0.379 e. The molecule has 3 heterocycles. The molecule has 0 aliphatic carbocycles. The van der Waals surface area contributed by atoms with Crippen LogP contribution in [0.2, 0.25) is 0 Å². The van der Waals surface area contributed by atoms with Crippen molar-refractivity contribution in [2.24, 2.45) is 0 Å². The van der Waals surface area contributed by atoms with Gasteiger partial charge in [-0.1, -0.05) is 6.42 Å². The first-order valence-corrected chi connectivity index (χ1v) is 8.97. The van der Waals surface area contributed by atoms with Crippen LogP contribution >= 0.6 is 23.5 Å². The average molecular weight is 290 g/mol. The Labute approximate surface area is 118 Å². The second kappa shape index (κ2) is 6.84. The molecule has 3 aliphatic rings. The molecular weight excluding hydrogens is 268 g/mol. The van der Waals surface area contributed by atoms with Crippen LogP contribution < -0.4 is 0 Å². The van der Waals surface area contributed by atoms with Gasteiger partial charge in [-0.2, -0.15) is 11.8 Å². The zero-order valence-corrected chi connectivity index (χ0v) is 12.3. The van der Waals surface area contributed by atoms with Gasteiger partial charge in [0.05, 0.1) is 44.4 Å². The lowest BCUT2D eigenvalue weighted by Crippen LogP contribution is -2.45. The van der Waals surface area contributed by atoms with Crippen molar-refractivity contribution in [3.63, 3.8) is 0 Å². The number of hydrogen-bond donors (Lipinski definition) is 0. The zero-order valence-electron chi connectivity index (χ0n) is 10.7. The molecule has 3 fully saturated rings. The Morgan fingerprint density at radius 2 is 1.78 bits per heavy atom. The highest BCUT2D eigenvalue weighted by Gasteiger charge is 2.35. The summed E-state index contributed by atoms with van der Waals surface area (Å²) in [4.78, 5) is 0. The van der Waals surface area contributed by atoms with Crippen LogP contribution in [-0.2, 0) is 14.2 Å². The molecule has 5 heteroatoms. The first-order valence-electron chi connectivity index (χ1n) is 6.97. The number of hydrogen-bond acceptors (Lipinski definition) is 5. The number of ether oxygens (including phenoxy) is 3. The fourth-order valence-electron chi connectivity index (χ4n) is 2.77. The minimum absolute atomic E-state index is 0.236. The monoisotopic (exact) mass is 290 g/mol. The topological polar surface area (TPSA) is 27.7 Å². The molecule has 0 amide bonds. The third kappa shape index (κ3) is 3.37. The second-order valence-electron chi connectivity index (χ2n) is 5.14. The van der Waals surface area contributed by atoms with Gasteiger partial charge in [-0.05, 0) is 18.6 Å². The van der Waals surface area contributed by atoms with Crippen molar-refractivity contribution >= 4 is 23.5 Å². The van der Waals surface area contributed by atoms with Crippen LogP contribution in [0.25, 0.3) is 0 Å². The Balaban J connectivity index is 1.53. The van der Waals surface area contributed by atoms with Crippen LogP contribution in [0.1, 0.15) is 19.3 Å². The highest BCUT2D eigenvalue weighted by molar-refractivity contribution is 8.04. The Bertz CT molecular complexity index is 229. The summed E-state index contributed by atoms with van der Waals surface area (Å²) in [5, 5.41) is 1.90. The summed E-state index contributed by atoms with van der Waals surface area (Å²) in [6, 6.07) is 0. The molecular formula is C13H22O3S2. The van der Waals surface area contributed by atoms with Crippen molar-refractivity contribution in [3.8, 4) is 0 Å². The van der Waals surface area contributed by atoms with Gasteiger partial charge in [0.2, 0.25) is 0 Å². The van der Waals surface area contributed by atoms with Gasteiger partial charge in [0.1, 0.15) is 0 Å². The quantitative estimate of drug-likeness (QED) is 0.777. The van der Waals surface area contributed by atoms with Crippen molar-refractivity contribution < 1.29 is 14.2 Å². The average Bonchev–Trinajstić information content (AvgIpc) is 2.49. The van der Waals surface area contributed by atoms with Crippen molar-refractivity contribution in [1.29, 1.82) is 0 Å². The molecule has 4 atom stereocenters. The van der Waals surface area contributed by atoms with E-state index in [4.69, 9.17) is 14.2 Å². The maximum Gasteiger partial charge on any atom is 0.0950 e. The molecule has 0 N–H and O–H groups in total. The summed E-state index contributed by atoms with van der Waals surface area (Å²) in [7, 11) is 0. The molecule has 0 aromatic rings. The van der Waals surface area contributed by atoms with E-state index in [1.54, 1.807) is 0 Å². The fraction of sp³-hybridized carbons (Fsp3) is 1.00. The Kier molecular flexibility index (Phi) is 5.15. The molecule has 3 saturated heterocycles. The van der Waals surface area contributed by atoms with E-state index >= 15 is 0 Å². The molecule has 18 heavy (non-hydrogen) atoms. The summed E-state index contributed by atoms with van der Waals surface area (Å²) in [5.74, 6) is 1.33. The molecule has 0 bridgehead atoms. The van der Waals surface area contributed by atoms with E-state index < -0.39 is 0 Å². The van der Waals surface area contributed by atoms with Gasteiger partial charge in [-0.25, -0.2) is 0 Å². The fourth-order valence-corrected chi connectivity index (χ4v) is 5.94. The first-order chi connectivity index (χ1) is 8.93. The first kappa shape index (κ1) is 13.6. The van der Waals surface area contributed by atoms with Gasteiger partial charge < -0.3 is 14.2 Å². The highest BCUT2D eigenvalue weighted by Crippen LogP contribution is 2.38. The SMILES string of the molecule is C1CCC(C2COCC(C3COCCO3)S2)SC1. The predicted octanol–water partition coefficient (Wildman–Crippen LogP) is 2.19. The molecule has 0 spiro atoms. The third-order valence-electron chi connectivity index (χ3n) is 3.80. The molecule has 104 valence electrons. The van der Waals surface area contributed by atoms with Crippen molar-refractivity contribution in [3.05, 3.63) is 0 Å². The van der Waals surface area contributed by atoms with Crippen LogP contribution in [0.5, 0.6) is 0 Å². The summed E-state index contributed by atoms with van der Waals surface area (Å²) >= 11 is 4.24. The smallest absolute Gasteiger partial charge is 0.0950 e. The molecule has 3 aliphatic heterocycles. The van der Waals surface area contributed by atoms with E-state index in [-0.39, 0.29) is 6.10 Å². The summed E-state index contributed by atoms with van der Waals surface area (Å²) in [6.45, 7) is 3.98. The molecule has 0 aromatic heterocycles. The lowest BCUT2D eigenvalue weighted by atomic mass is 10.1.